The van der Waals surface area contributed by atoms with Gasteiger partial charge in [0, 0.05) is 17.1 Å². The lowest BCUT2D eigenvalue weighted by molar-refractivity contribution is 0.0992. The van der Waals surface area contributed by atoms with Gasteiger partial charge in [0.25, 0.3) is 0 Å². The highest BCUT2D eigenvalue weighted by Crippen LogP contribution is 2.22. The summed E-state index contributed by atoms with van der Waals surface area (Å²) in [5, 5.41) is 8.52. The van der Waals surface area contributed by atoms with Crippen LogP contribution in [0.5, 0.6) is 0 Å². The Morgan fingerprint density at radius 2 is 1.76 bits per heavy atom. The van der Waals surface area contributed by atoms with Gasteiger partial charge < -0.3 is 0 Å². The lowest BCUT2D eigenvalue weighted by Gasteiger charge is -1.94. The van der Waals surface area contributed by atoms with Crippen molar-refractivity contribution in [3.63, 3.8) is 0 Å². The topological polar surface area (TPSA) is 68.8 Å². The van der Waals surface area contributed by atoms with Crippen molar-refractivity contribution in [1.29, 1.82) is 0 Å². The standard InChI is InChI=1S/C16H11N4O/c21-16(13-6-2-1-3-7-13)19-20-18-14-10-4-8-12-9-5-11-17-15(12)14/h1-11H/q+1. The first-order chi connectivity index (χ1) is 10.3. The van der Waals surface area contributed by atoms with E-state index in [0.717, 1.165) is 10.9 Å². The Balaban J connectivity index is 1.91. The molecule has 0 spiro atoms. The number of nitrogens with zero attached hydrogens (tertiary/aromatic N) is 4. The smallest absolute Gasteiger partial charge is 0.259 e. The van der Waals surface area contributed by atoms with E-state index < -0.39 is 5.91 Å². The number of benzene rings is 2. The molecule has 1 heterocycles. The molecule has 0 saturated carbocycles. The molecule has 0 unspecified atom stereocenters. The third-order valence-electron chi connectivity index (χ3n) is 2.92. The largest absolute Gasteiger partial charge is 0.360 e. The second-order valence-electron chi connectivity index (χ2n) is 4.31. The zero-order valence-electron chi connectivity index (χ0n) is 11.0. The number of carbonyl (C=O) groups excluding carboxylic acids is 1. The second-order valence-corrected chi connectivity index (χ2v) is 4.31. The van der Waals surface area contributed by atoms with Gasteiger partial charge in [0.05, 0.1) is 0 Å². The normalized spacial score (nSPS) is 9.90. The fourth-order valence-corrected chi connectivity index (χ4v) is 1.92. The Kier molecular flexibility index (Phi) is 3.58. The van der Waals surface area contributed by atoms with E-state index in [1.54, 1.807) is 36.5 Å². The Hall–Kier alpha value is -3.17. The van der Waals surface area contributed by atoms with Crippen LogP contribution in [0.4, 0.5) is 5.69 Å². The van der Waals surface area contributed by atoms with Crippen LogP contribution in [0.25, 0.3) is 10.9 Å². The van der Waals surface area contributed by atoms with Crippen molar-refractivity contribution in [3.8, 4) is 0 Å². The minimum atomic E-state index is -0.424. The van der Waals surface area contributed by atoms with Crippen molar-refractivity contribution in [1.82, 2.24) is 9.90 Å². The average Bonchev–Trinajstić information content (AvgIpc) is 2.56. The van der Waals surface area contributed by atoms with E-state index in [1.807, 2.05) is 30.3 Å². The molecular formula is C16H11N4O+. The molecular weight excluding hydrogens is 264 g/mol. The average molecular weight is 275 g/mol. The molecule has 0 aliphatic rings. The summed E-state index contributed by atoms with van der Waals surface area (Å²) in [5.41, 5.74) is 1.79. The Labute approximate surface area is 120 Å². The van der Waals surface area contributed by atoms with Gasteiger partial charge in [-0.2, -0.15) is 0 Å². The van der Waals surface area contributed by atoms with Crippen molar-refractivity contribution >= 4 is 22.5 Å². The number of hydrogen-bond donors (Lipinski definition) is 0. The fraction of sp³-hybridized carbons (Fsp3) is 0. The first kappa shape index (κ1) is 12.8. The van der Waals surface area contributed by atoms with Crippen LogP contribution in [-0.2, 0) is 0 Å². The Morgan fingerprint density at radius 3 is 2.62 bits per heavy atom. The first-order valence-corrected chi connectivity index (χ1v) is 6.39. The molecule has 0 radical (unpaired) electrons. The molecule has 3 aromatic rings. The minimum absolute atomic E-state index is 0.424. The number of pyridine rings is 1. The summed E-state index contributed by atoms with van der Waals surface area (Å²) in [6, 6.07) is 18.1. The van der Waals surface area contributed by atoms with Crippen molar-refractivity contribution in [2.24, 2.45) is 10.2 Å². The number of aromatic nitrogens is 1. The van der Waals surface area contributed by atoms with Gasteiger partial charge in [-0.05, 0) is 24.3 Å². The molecule has 100 valence electrons. The quantitative estimate of drug-likeness (QED) is 0.528. The summed E-state index contributed by atoms with van der Waals surface area (Å²) in [5.74, 6) is -0.424. The molecule has 1 amide bonds. The molecule has 0 aliphatic carbocycles. The molecule has 0 aliphatic heterocycles. The van der Waals surface area contributed by atoms with Gasteiger partial charge in [-0.25, -0.2) is 0 Å². The van der Waals surface area contributed by atoms with Crippen molar-refractivity contribution in [3.05, 3.63) is 72.4 Å². The van der Waals surface area contributed by atoms with E-state index in [1.165, 1.54) is 0 Å². The first-order valence-electron chi connectivity index (χ1n) is 6.39. The van der Waals surface area contributed by atoms with Gasteiger partial charge in [0.2, 0.25) is 10.0 Å². The van der Waals surface area contributed by atoms with Gasteiger partial charge >= 0.3 is 5.91 Å². The summed E-state index contributed by atoms with van der Waals surface area (Å²) in [4.78, 5) is 19.6. The van der Waals surface area contributed by atoms with E-state index in [0.29, 0.717) is 11.3 Å². The van der Waals surface area contributed by atoms with Crippen LogP contribution >= 0.6 is 0 Å². The molecule has 1 aromatic heterocycles. The molecule has 5 nitrogen and oxygen atoms in total. The zero-order valence-corrected chi connectivity index (χ0v) is 11.0. The number of amides is 1. The van der Waals surface area contributed by atoms with Crippen LogP contribution in [-0.4, -0.2) is 10.9 Å². The molecule has 2 aromatic carbocycles. The summed E-state index contributed by atoms with van der Waals surface area (Å²) in [6.07, 6.45) is 1.69. The highest BCUT2D eigenvalue weighted by atomic mass is 16.1. The van der Waals surface area contributed by atoms with Gasteiger partial charge in [0.1, 0.15) is 5.52 Å². The highest BCUT2D eigenvalue weighted by Gasteiger charge is 2.09. The number of para-hydroxylation sites is 1. The molecule has 0 N–H and O–H groups in total. The number of carbonyl (C=O) groups is 1. The number of rotatable bonds is 2. The summed E-state index contributed by atoms with van der Waals surface area (Å²) < 4.78 is 0. The van der Waals surface area contributed by atoms with Crippen LogP contribution < -0.4 is 4.91 Å². The maximum absolute atomic E-state index is 11.8. The van der Waals surface area contributed by atoms with Crippen LogP contribution in [0.15, 0.2) is 77.1 Å². The van der Waals surface area contributed by atoms with Crippen molar-refractivity contribution in [2.45, 2.75) is 0 Å². The molecule has 0 atom stereocenters. The second kappa shape index (κ2) is 5.86. The van der Waals surface area contributed by atoms with Crippen LogP contribution in [0, 0.1) is 0 Å². The Morgan fingerprint density at radius 1 is 0.952 bits per heavy atom. The van der Waals surface area contributed by atoms with Gasteiger partial charge in [-0.15, -0.1) is 0 Å². The highest BCUT2D eigenvalue weighted by molar-refractivity contribution is 5.94. The van der Waals surface area contributed by atoms with E-state index in [-0.39, 0.29) is 0 Å². The van der Waals surface area contributed by atoms with Crippen molar-refractivity contribution in [2.75, 3.05) is 0 Å². The monoisotopic (exact) mass is 275 g/mol. The van der Waals surface area contributed by atoms with Gasteiger partial charge in [-0.1, -0.05) is 36.4 Å². The molecule has 0 bridgehead atoms. The third kappa shape index (κ3) is 2.88. The number of hydrogen-bond acceptors (Lipinski definition) is 3. The number of fused-ring (bicyclic) bond motifs is 1. The summed E-state index contributed by atoms with van der Waals surface area (Å²) >= 11 is 0. The van der Waals surface area contributed by atoms with Crippen LogP contribution in [0.3, 0.4) is 0 Å². The van der Waals surface area contributed by atoms with Crippen molar-refractivity contribution < 1.29 is 4.79 Å². The molecule has 0 fully saturated rings. The third-order valence-corrected chi connectivity index (χ3v) is 2.92. The van der Waals surface area contributed by atoms with E-state index in [4.69, 9.17) is 0 Å². The predicted octanol–water partition coefficient (Wildman–Crippen LogP) is 3.68. The van der Waals surface area contributed by atoms with E-state index in [2.05, 4.69) is 20.1 Å². The fourth-order valence-electron chi connectivity index (χ4n) is 1.92. The van der Waals surface area contributed by atoms with E-state index >= 15 is 0 Å². The lowest BCUT2D eigenvalue weighted by atomic mass is 10.2. The minimum Gasteiger partial charge on any atom is -0.259 e. The molecule has 3 rings (SSSR count). The summed E-state index contributed by atoms with van der Waals surface area (Å²) in [7, 11) is 0. The molecule has 0 saturated heterocycles. The van der Waals surface area contributed by atoms with Gasteiger partial charge in [-0.3, -0.25) is 9.78 Å². The maximum Gasteiger partial charge on any atom is 0.360 e. The van der Waals surface area contributed by atoms with Crippen LogP contribution in [0.2, 0.25) is 0 Å². The maximum atomic E-state index is 11.8. The molecule has 5 heteroatoms. The zero-order chi connectivity index (χ0) is 14.5. The SMILES string of the molecule is O=C(N=[N+]=Nc1cccc2cccnc12)c1ccccc1. The summed E-state index contributed by atoms with van der Waals surface area (Å²) in [6.45, 7) is 0. The van der Waals surface area contributed by atoms with Crippen LogP contribution in [0.1, 0.15) is 10.4 Å². The van der Waals surface area contributed by atoms with Gasteiger partial charge in [0.15, 0.2) is 10.8 Å². The lowest BCUT2D eigenvalue weighted by Crippen LogP contribution is -1.93. The predicted molar refractivity (Wildman–Crippen MR) is 79.2 cm³/mol. The Bertz CT molecular complexity index is 847. The molecule has 21 heavy (non-hydrogen) atoms. The van der Waals surface area contributed by atoms with E-state index in [9.17, 15) is 4.79 Å².